The van der Waals surface area contributed by atoms with Crippen LogP contribution in [0.15, 0.2) is 23.0 Å². The van der Waals surface area contributed by atoms with Crippen LogP contribution >= 0.6 is 0 Å². The van der Waals surface area contributed by atoms with Crippen LogP contribution in [0, 0.1) is 10.1 Å². The lowest BCUT2D eigenvalue weighted by Crippen LogP contribution is -2.23. The van der Waals surface area contributed by atoms with E-state index in [9.17, 15) is 15.2 Å². The summed E-state index contributed by atoms with van der Waals surface area (Å²) in [5.74, 6) is -0.483. The minimum atomic E-state index is -0.590. The molecule has 0 aromatic heterocycles. The summed E-state index contributed by atoms with van der Waals surface area (Å²) in [5, 5.41) is 19.9. The summed E-state index contributed by atoms with van der Waals surface area (Å²) in [7, 11) is 0. The smallest absolute Gasteiger partial charge is 0.321 e. The predicted octanol–water partition coefficient (Wildman–Crippen LogP) is 0.366. The quantitative estimate of drug-likeness (QED) is 0.346. The van der Waals surface area contributed by atoms with Crippen LogP contribution < -0.4 is 10.9 Å². The monoisotopic (exact) mass is 201 g/mol. The molecule has 0 aromatic rings. The fraction of sp³-hybridized carbons (Fsp3) is 0.429. The van der Waals surface area contributed by atoms with Gasteiger partial charge in [-0.25, -0.2) is 0 Å². The van der Waals surface area contributed by atoms with Gasteiger partial charge in [0.15, 0.2) is 0 Å². The molecule has 78 valence electrons. The third-order valence-electron chi connectivity index (χ3n) is 1.64. The molecule has 1 heterocycles. The molecule has 0 atom stereocenters. The first-order chi connectivity index (χ1) is 6.57. The highest BCUT2D eigenvalue weighted by molar-refractivity contribution is 5.31. The van der Waals surface area contributed by atoms with Crippen LogP contribution in [0.4, 0.5) is 0 Å². The maximum Gasteiger partial charge on any atom is 0.321 e. The van der Waals surface area contributed by atoms with E-state index >= 15 is 0 Å². The summed E-state index contributed by atoms with van der Waals surface area (Å²) in [4.78, 5) is 10.0. The van der Waals surface area contributed by atoms with E-state index in [1.165, 1.54) is 6.92 Å². The Bertz CT molecular complexity index is 321. The molecule has 1 aliphatic heterocycles. The number of ether oxygens (including phenoxy) is 1. The van der Waals surface area contributed by atoms with Gasteiger partial charge in [0.05, 0.1) is 11.5 Å². The Morgan fingerprint density at radius 3 is 2.79 bits per heavy atom. The summed E-state index contributed by atoms with van der Waals surface area (Å²) in [6, 6.07) is 0. The molecule has 7 nitrogen and oxygen atoms in total. The molecule has 3 N–H and O–H groups in total. The largest absolute Gasteiger partial charge is 0.479 e. The molecule has 0 fully saturated rings. The van der Waals surface area contributed by atoms with Crippen LogP contribution in [0.1, 0.15) is 13.8 Å². The number of hydrazine groups is 1. The van der Waals surface area contributed by atoms with Gasteiger partial charge in [-0.3, -0.25) is 21.0 Å². The van der Waals surface area contributed by atoms with E-state index in [0.29, 0.717) is 5.70 Å². The summed E-state index contributed by atoms with van der Waals surface area (Å²) in [6.07, 6.45) is 0. The van der Waals surface area contributed by atoms with Gasteiger partial charge in [-0.15, -0.1) is 0 Å². The zero-order chi connectivity index (χ0) is 10.7. The van der Waals surface area contributed by atoms with Crippen LogP contribution in [0.25, 0.3) is 0 Å². The molecule has 0 saturated heterocycles. The van der Waals surface area contributed by atoms with Crippen molar-refractivity contribution in [2.24, 2.45) is 0 Å². The molecule has 1 aliphatic rings. The highest BCUT2D eigenvalue weighted by Gasteiger charge is 2.31. The van der Waals surface area contributed by atoms with Crippen LogP contribution in [0.5, 0.6) is 0 Å². The fourth-order valence-corrected chi connectivity index (χ4v) is 1.05. The van der Waals surface area contributed by atoms with E-state index in [2.05, 4.69) is 10.9 Å². The average Bonchev–Trinajstić information content (AvgIpc) is 2.47. The first-order valence-electron chi connectivity index (χ1n) is 4.01. The van der Waals surface area contributed by atoms with Crippen LogP contribution in [0.2, 0.25) is 0 Å². The van der Waals surface area contributed by atoms with E-state index in [-0.39, 0.29) is 18.0 Å². The molecule has 0 amide bonds. The zero-order valence-corrected chi connectivity index (χ0v) is 7.83. The van der Waals surface area contributed by atoms with Crippen molar-refractivity contribution in [2.75, 3.05) is 6.61 Å². The molecule has 0 saturated carbocycles. The Kier molecular flexibility index (Phi) is 2.80. The van der Waals surface area contributed by atoms with Crippen LogP contribution in [-0.2, 0) is 4.74 Å². The topological polar surface area (TPSA) is 96.7 Å². The number of nitro groups is 1. The predicted molar refractivity (Wildman–Crippen MR) is 47.2 cm³/mol. The zero-order valence-electron chi connectivity index (χ0n) is 7.83. The standard InChI is InChI=1S/C7H11N3O4/c1-3-14-7(11)5-6(10(12)13)4(2)8-9-5/h8-9,11H,3H2,1-2H3/b7-5+. The van der Waals surface area contributed by atoms with Crippen molar-refractivity contribution in [1.29, 1.82) is 0 Å². The molecule has 0 spiro atoms. The van der Waals surface area contributed by atoms with E-state index in [1.807, 2.05) is 0 Å². The van der Waals surface area contributed by atoms with E-state index in [0.717, 1.165) is 0 Å². The van der Waals surface area contributed by atoms with Gasteiger partial charge in [-0.05, 0) is 13.8 Å². The van der Waals surface area contributed by atoms with Gasteiger partial charge in [0.2, 0.25) is 5.70 Å². The number of rotatable bonds is 3. The van der Waals surface area contributed by atoms with Crippen molar-refractivity contribution in [3.63, 3.8) is 0 Å². The fourth-order valence-electron chi connectivity index (χ4n) is 1.05. The second-order valence-corrected chi connectivity index (χ2v) is 2.59. The minimum absolute atomic E-state index is 0.0469. The van der Waals surface area contributed by atoms with Gasteiger partial charge in [0.25, 0.3) is 0 Å². The van der Waals surface area contributed by atoms with Crippen molar-refractivity contribution in [1.82, 2.24) is 10.9 Å². The van der Waals surface area contributed by atoms with E-state index in [1.54, 1.807) is 6.92 Å². The van der Waals surface area contributed by atoms with Crippen molar-refractivity contribution < 1.29 is 14.8 Å². The van der Waals surface area contributed by atoms with Gasteiger partial charge in [-0.1, -0.05) is 0 Å². The van der Waals surface area contributed by atoms with Gasteiger partial charge in [0, 0.05) is 0 Å². The number of aliphatic hydroxyl groups excluding tert-OH is 1. The number of hydrogen-bond donors (Lipinski definition) is 3. The number of allylic oxidation sites excluding steroid dienone is 1. The normalized spacial score (nSPS) is 18.7. The van der Waals surface area contributed by atoms with Crippen molar-refractivity contribution in [3.8, 4) is 0 Å². The van der Waals surface area contributed by atoms with Crippen molar-refractivity contribution >= 4 is 0 Å². The van der Waals surface area contributed by atoms with Crippen LogP contribution in [-0.4, -0.2) is 16.6 Å². The molecule has 1 rings (SSSR count). The molecule has 14 heavy (non-hydrogen) atoms. The molecule has 0 aliphatic carbocycles. The van der Waals surface area contributed by atoms with E-state index in [4.69, 9.17) is 4.74 Å². The summed E-state index contributed by atoms with van der Waals surface area (Å²) < 4.78 is 4.75. The first-order valence-corrected chi connectivity index (χ1v) is 4.01. The van der Waals surface area contributed by atoms with Gasteiger partial charge in [-0.2, -0.15) is 0 Å². The molecule has 0 radical (unpaired) electrons. The maximum atomic E-state index is 10.6. The SMILES string of the molecule is CCO/C(O)=C1/NNC(C)=C1[N+](=O)[O-]. The molecule has 0 bridgehead atoms. The van der Waals surface area contributed by atoms with Crippen molar-refractivity contribution in [3.05, 3.63) is 33.2 Å². The highest BCUT2D eigenvalue weighted by Crippen LogP contribution is 2.19. The Morgan fingerprint density at radius 2 is 2.29 bits per heavy atom. The summed E-state index contributed by atoms with van der Waals surface area (Å²) >= 11 is 0. The molecular formula is C7H11N3O4. The summed E-state index contributed by atoms with van der Waals surface area (Å²) in [5.41, 5.74) is 5.06. The average molecular weight is 201 g/mol. The Morgan fingerprint density at radius 1 is 1.64 bits per heavy atom. The summed E-state index contributed by atoms with van der Waals surface area (Å²) in [6.45, 7) is 3.43. The molecule has 0 unspecified atom stereocenters. The number of hydrogen-bond acceptors (Lipinski definition) is 6. The molecule has 7 heteroatoms. The lowest BCUT2D eigenvalue weighted by atomic mass is 10.3. The second kappa shape index (κ2) is 3.86. The van der Waals surface area contributed by atoms with Gasteiger partial charge >= 0.3 is 11.6 Å². The Hall–Kier alpha value is -1.92. The lowest BCUT2D eigenvalue weighted by molar-refractivity contribution is -0.421. The Balaban J connectivity index is 3.03. The highest BCUT2D eigenvalue weighted by atomic mass is 16.6. The van der Waals surface area contributed by atoms with Gasteiger partial charge in [0.1, 0.15) is 5.70 Å². The maximum absolute atomic E-state index is 10.6. The third kappa shape index (κ3) is 1.70. The lowest BCUT2D eigenvalue weighted by Gasteiger charge is -2.04. The second-order valence-electron chi connectivity index (χ2n) is 2.59. The van der Waals surface area contributed by atoms with Crippen molar-refractivity contribution in [2.45, 2.75) is 13.8 Å². The number of nitrogens with zero attached hydrogens (tertiary/aromatic N) is 1. The van der Waals surface area contributed by atoms with Gasteiger partial charge < -0.3 is 9.84 Å². The minimum Gasteiger partial charge on any atom is -0.479 e. The Labute approximate surface area is 80.2 Å². The van der Waals surface area contributed by atoms with Crippen LogP contribution in [0.3, 0.4) is 0 Å². The molecular weight excluding hydrogens is 190 g/mol. The number of nitrogens with one attached hydrogen (secondary N) is 2. The first kappa shape index (κ1) is 10.2. The third-order valence-corrected chi connectivity index (χ3v) is 1.64. The van der Waals surface area contributed by atoms with E-state index < -0.39 is 10.9 Å². The number of aliphatic hydroxyl groups is 1. The molecule has 0 aromatic carbocycles.